The first-order valence-corrected chi connectivity index (χ1v) is 19.3. The second-order valence-corrected chi connectivity index (χ2v) is 22.6. The molecule has 23 heavy (non-hydrogen) atoms. The van der Waals surface area contributed by atoms with Crippen molar-refractivity contribution in [1.82, 2.24) is 9.88 Å². The Morgan fingerprint density at radius 1 is 1.09 bits per heavy atom. The zero-order chi connectivity index (χ0) is 16.6. The van der Waals surface area contributed by atoms with Gasteiger partial charge in [0.25, 0.3) is 0 Å². The van der Waals surface area contributed by atoms with E-state index in [1.165, 1.54) is 44.3 Å². The van der Waals surface area contributed by atoms with Crippen molar-refractivity contribution in [3.05, 3.63) is 29.5 Å². The zero-order valence-corrected chi connectivity index (χ0v) is 18.4. The van der Waals surface area contributed by atoms with Crippen LogP contribution in [0, 0.1) is 0 Å². The summed E-state index contributed by atoms with van der Waals surface area (Å²) in [5.74, 6) is 0. The number of nitrogens with one attached hydrogen (secondary N) is 1. The fourth-order valence-corrected chi connectivity index (χ4v) is 9.22. The van der Waals surface area contributed by atoms with Crippen LogP contribution in [-0.4, -0.2) is 47.4 Å². The molecule has 0 radical (unpaired) electrons. The Morgan fingerprint density at radius 2 is 1.78 bits per heavy atom. The van der Waals surface area contributed by atoms with E-state index < -0.39 is 18.4 Å². The van der Waals surface area contributed by atoms with Crippen molar-refractivity contribution in [3.8, 4) is 0 Å². The average molecular weight is 419 g/mol. The third-order valence-electron chi connectivity index (χ3n) is 5.28. The van der Waals surface area contributed by atoms with E-state index >= 15 is 0 Å². The van der Waals surface area contributed by atoms with Gasteiger partial charge < -0.3 is 0 Å². The van der Waals surface area contributed by atoms with Crippen LogP contribution in [0.25, 0.3) is 10.9 Å². The minimum absolute atomic E-state index is 0.691. The van der Waals surface area contributed by atoms with Crippen LogP contribution in [0.4, 0.5) is 0 Å². The molecule has 3 heteroatoms. The fourth-order valence-electron chi connectivity index (χ4n) is 4.32. The molecular weight excluding hydrogens is 387 g/mol. The van der Waals surface area contributed by atoms with Gasteiger partial charge in [0.1, 0.15) is 0 Å². The van der Waals surface area contributed by atoms with Gasteiger partial charge in [-0.2, -0.15) is 0 Å². The summed E-state index contributed by atoms with van der Waals surface area (Å²) in [5.41, 5.74) is 4.60. The molecule has 0 aliphatic heterocycles. The Balaban J connectivity index is 2.04. The molecule has 0 bridgehead atoms. The molecule has 126 valence electrons. The number of aromatic amines is 1. The van der Waals surface area contributed by atoms with Gasteiger partial charge in [-0.25, -0.2) is 0 Å². The van der Waals surface area contributed by atoms with Gasteiger partial charge in [-0.15, -0.1) is 0 Å². The van der Waals surface area contributed by atoms with Gasteiger partial charge in [-0.1, -0.05) is 0 Å². The van der Waals surface area contributed by atoms with Crippen LogP contribution >= 0.6 is 0 Å². The average Bonchev–Trinajstić information content (AvgIpc) is 2.90. The number of benzene rings is 1. The van der Waals surface area contributed by atoms with E-state index in [1.54, 1.807) is 20.1 Å². The maximum absolute atomic E-state index is 3.53. The van der Waals surface area contributed by atoms with Crippen LogP contribution in [0.3, 0.4) is 0 Å². The van der Waals surface area contributed by atoms with Crippen LogP contribution in [0.2, 0.25) is 14.8 Å². The Hall–Kier alpha value is -0.481. The molecule has 0 spiro atoms. The number of rotatable bonds is 6. The van der Waals surface area contributed by atoms with Gasteiger partial charge in [0.2, 0.25) is 0 Å². The molecule has 0 saturated carbocycles. The molecule has 1 aromatic carbocycles. The van der Waals surface area contributed by atoms with E-state index in [0.717, 1.165) is 0 Å². The number of nitrogens with zero attached hydrogens (tertiary/aromatic N) is 1. The van der Waals surface area contributed by atoms with Crippen molar-refractivity contribution < 1.29 is 0 Å². The van der Waals surface area contributed by atoms with E-state index in [4.69, 9.17) is 0 Å². The molecule has 2 aromatic rings. The Labute approximate surface area is 145 Å². The fraction of sp³-hybridized carbons (Fsp3) is 0.600. The normalized spacial score (nSPS) is 18.1. The third-order valence-corrected chi connectivity index (χ3v) is 11.2. The number of H-pyrrole nitrogens is 1. The second-order valence-electron chi connectivity index (χ2n) is 8.18. The summed E-state index contributed by atoms with van der Waals surface area (Å²) in [6.45, 7) is 7.10. The van der Waals surface area contributed by atoms with Crippen molar-refractivity contribution in [2.24, 2.45) is 0 Å². The van der Waals surface area contributed by atoms with Gasteiger partial charge >= 0.3 is 146 Å². The van der Waals surface area contributed by atoms with Gasteiger partial charge in [0, 0.05) is 0 Å². The first-order chi connectivity index (χ1) is 11.0. The van der Waals surface area contributed by atoms with E-state index in [1.807, 2.05) is 0 Å². The molecule has 1 aliphatic carbocycles. The summed E-state index contributed by atoms with van der Waals surface area (Å²) < 4.78 is 1.74. The summed E-state index contributed by atoms with van der Waals surface area (Å²) >= 11 is -2.09. The molecule has 1 atom stereocenters. The van der Waals surface area contributed by atoms with Gasteiger partial charge in [-0.05, 0) is 0 Å². The summed E-state index contributed by atoms with van der Waals surface area (Å²) in [4.78, 5) is 13.9. The minimum atomic E-state index is -2.09. The van der Waals surface area contributed by atoms with Gasteiger partial charge in [0.15, 0.2) is 0 Å². The predicted octanol–water partition coefficient (Wildman–Crippen LogP) is 4.30. The SMILES string of the molecule is CCCN(CCC)[C@H]1Cc2c[nH]c3cc[c]([Sn]([CH3])([CH3])[CH3])c(c23)C1. The summed E-state index contributed by atoms with van der Waals surface area (Å²) in [5, 5.41) is 1.57. The van der Waals surface area contributed by atoms with E-state index in [2.05, 4.69) is 56.9 Å². The Morgan fingerprint density at radius 3 is 2.39 bits per heavy atom. The molecule has 2 nitrogen and oxygen atoms in total. The number of hydrogen-bond donors (Lipinski definition) is 1. The van der Waals surface area contributed by atoms with E-state index in [0.29, 0.717) is 6.04 Å². The molecule has 0 unspecified atom stereocenters. The van der Waals surface area contributed by atoms with Crippen molar-refractivity contribution in [3.63, 3.8) is 0 Å². The molecular formula is C20H32N2Sn. The molecule has 1 aliphatic rings. The van der Waals surface area contributed by atoms with Gasteiger partial charge in [-0.3, -0.25) is 0 Å². The molecule has 0 fully saturated rings. The standard InChI is InChI=1S/C17H23N2.3CH3.Sn/c1-3-8-19(9-4-2)15-10-13-6-5-7-16-17(13)14(11-15)12-18-16;;;;/h5,7,12,15,18H,3-4,8-11H2,1-2H3;3*1H3;/t15-;;;;/m1..../s1. The van der Waals surface area contributed by atoms with Crippen LogP contribution in [0.5, 0.6) is 0 Å². The summed E-state index contributed by atoms with van der Waals surface area (Å²) in [6.07, 6.45) is 7.26. The molecule has 1 N–H and O–H groups in total. The first kappa shape index (κ1) is 17.3. The summed E-state index contributed by atoms with van der Waals surface area (Å²) in [6, 6.07) is 5.47. The van der Waals surface area contributed by atoms with Gasteiger partial charge in [0.05, 0.1) is 0 Å². The Bertz CT molecular complexity index is 675. The predicted molar refractivity (Wildman–Crippen MR) is 105 cm³/mol. The molecule has 1 aromatic heterocycles. The van der Waals surface area contributed by atoms with Crippen LogP contribution < -0.4 is 3.58 Å². The van der Waals surface area contributed by atoms with Crippen molar-refractivity contribution >= 4 is 32.9 Å². The second kappa shape index (κ2) is 6.79. The Kier molecular flexibility index (Phi) is 5.12. The molecule has 3 rings (SSSR count). The van der Waals surface area contributed by atoms with Crippen molar-refractivity contribution in [2.45, 2.75) is 60.4 Å². The number of aromatic nitrogens is 1. The maximum atomic E-state index is 3.53. The monoisotopic (exact) mass is 420 g/mol. The van der Waals surface area contributed by atoms with E-state index in [-0.39, 0.29) is 0 Å². The van der Waals surface area contributed by atoms with Crippen LogP contribution in [0.1, 0.15) is 37.8 Å². The summed E-state index contributed by atoms with van der Waals surface area (Å²) in [7, 11) is 0. The molecule has 0 amide bonds. The number of hydrogen-bond acceptors (Lipinski definition) is 1. The van der Waals surface area contributed by atoms with E-state index in [9.17, 15) is 0 Å². The molecule has 0 saturated heterocycles. The van der Waals surface area contributed by atoms with Crippen molar-refractivity contribution in [1.29, 1.82) is 0 Å². The van der Waals surface area contributed by atoms with Crippen LogP contribution in [0.15, 0.2) is 18.3 Å². The van der Waals surface area contributed by atoms with Crippen molar-refractivity contribution in [2.75, 3.05) is 13.1 Å². The third kappa shape index (κ3) is 3.34. The first-order valence-electron chi connectivity index (χ1n) is 9.32. The van der Waals surface area contributed by atoms with Crippen LogP contribution in [-0.2, 0) is 12.8 Å². The molecule has 1 heterocycles. The zero-order valence-electron chi connectivity index (χ0n) is 15.5. The quantitative estimate of drug-likeness (QED) is 0.692. The topological polar surface area (TPSA) is 19.0 Å².